The van der Waals surface area contributed by atoms with Gasteiger partial charge in [-0.3, -0.25) is 9.59 Å². The third-order valence-corrected chi connectivity index (χ3v) is 4.91. The van der Waals surface area contributed by atoms with Crippen molar-refractivity contribution >= 4 is 11.9 Å². The summed E-state index contributed by atoms with van der Waals surface area (Å²) in [7, 11) is 0. The van der Waals surface area contributed by atoms with Crippen LogP contribution in [0.2, 0.25) is 0 Å². The van der Waals surface area contributed by atoms with E-state index >= 15 is 0 Å². The van der Waals surface area contributed by atoms with Gasteiger partial charge in [-0.2, -0.15) is 0 Å². The Kier molecular flexibility index (Phi) is 7.20. The third-order valence-electron chi connectivity index (χ3n) is 4.91. The summed E-state index contributed by atoms with van der Waals surface area (Å²) in [6.07, 6.45) is 1.95. The number of nitrogens with one attached hydrogen (secondary N) is 1. The summed E-state index contributed by atoms with van der Waals surface area (Å²) < 4.78 is 5.27. The first-order chi connectivity index (χ1) is 13.6. The maximum atomic E-state index is 12.3. The van der Waals surface area contributed by atoms with Crippen LogP contribution in [0.3, 0.4) is 0 Å². The van der Waals surface area contributed by atoms with Crippen molar-refractivity contribution in [3.8, 4) is 0 Å². The first-order valence-electron chi connectivity index (χ1n) is 9.90. The predicted octanol–water partition coefficient (Wildman–Crippen LogP) is 3.04. The van der Waals surface area contributed by atoms with Crippen molar-refractivity contribution in [2.24, 2.45) is 5.92 Å². The van der Waals surface area contributed by atoms with Crippen LogP contribution < -0.4 is 5.32 Å². The fourth-order valence-corrected chi connectivity index (χ4v) is 3.22. The molecule has 28 heavy (non-hydrogen) atoms. The number of benzene rings is 2. The summed E-state index contributed by atoms with van der Waals surface area (Å²) >= 11 is 0. The Bertz CT molecular complexity index is 787. The van der Waals surface area contributed by atoms with E-state index in [0.29, 0.717) is 19.1 Å². The van der Waals surface area contributed by atoms with Gasteiger partial charge in [0.25, 0.3) is 5.91 Å². The molecule has 1 N–H and O–H groups in total. The van der Waals surface area contributed by atoms with E-state index in [9.17, 15) is 9.59 Å². The number of nitrogens with zero attached hydrogens (tertiary/aromatic N) is 1. The maximum absolute atomic E-state index is 12.3. The van der Waals surface area contributed by atoms with Crippen molar-refractivity contribution in [2.45, 2.75) is 26.4 Å². The molecule has 0 radical (unpaired) electrons. The molecular weight excluding hydrogens is 352 g/mol. The lowest BCUT2D eigenvalue weighted by Crippen LogP contribution is -2.42. The van der Waals surface area contributed by atoms with E-state index in [1.807, 2.05) is 53.4 Å². The number of rotatable bonds is 9. The molecule has 0 spiro atoms. The minimum absolute atomic E-state index is 0.125. The molecule has 2 aromatic carbocycles. The molecule has 0 saturated carbocycles. The van der Waals surface area contributed by atoms with Crippen molar-refractivity contribution in [1.29, 1.82) is 0 Å². The zero-order valence-electron chi connectivity index (χ0n) is 16.4. The highest BCUT2D eigenvalue weighted by Crippen LogP contribution is 2.16. The van der Waals surface area contributed by atoms with E-state index in [1.165, 1.54) is 0 Å². The molecule has 2 aromatic rings. The second kappa shape index (κ2) is 10.0. The minimum Gasteiger partial charge on any atom is -0.460 e. The minimum atomic E-state index is -0.252. The van der Waals surface area contributed by atoms with Gasteiger partial charge in [0.15, 0.2) is 0 Å². The summed E-state index contributed by atoms with van der Waals surface area (Å²) in [6.45, 7) is 5.07. The molecule has 1 heterocycles. The zero-order chi connectivity index (χ0) is 19.8. The zero-order valence-corrected chi connectivity index (χ0v) is 16.4. The fraction of sp³-hybridized carbons (Fsp3) is 0.391. The molecule has 1 atom stereocenters. The molecule has 1 aliphatic heterocycles. The molecule has 148 valence electrons. The SMILES string of the molecule is CC(CNCC(=O)OCc1ccccc1)Cc1cccc(C(=O)N2CCC2)c1. The maximum Gasteiger partial charge on any atom is 0.320 e. The molecule has 0 aromatic heterocycles. The number of hydrogen-bond donors (Lipinski definition) is 1. The van der Waals surface area contributed by atoms with Gasteiger partial charge in [0.2, 0.25) is 0 Å². The molecule has 5 heteroatoms. The first kappa shape index (κ1) is 20.1. The lowest BCUT2D eigenvalue weighted by Gasteiger charge is -2.31. The second-order valence-corrected chi connectivity index (χ2v) is 7.43. The monoisotopic (exact) mass is 380 g/mol. The molecule has 5 nitrogen and oxygen atoms in total. The number of esters is 1. The van der Waals surface area contributed by atoms with Gasteiger partial charge in [-0.15, -0.1) is 0 Å². The molecule has 1 aliphatic rings. The molecule has 1 fully saturated rings. The Labute approximate surface area is 166 Å². The van der Waals surface area contributed by atoms with Gasteiger partial charge in [-0.25, -0.2) is 0 Å². The van der Waals surface area contributed by atoms with E-state index in [2.05, 4.69) is 18.3 Å². The van der Waals surface area contributed by atoms with Crippen molar-refractivity contribution < 1.29 is 14.3 Å². The van der Waals surface area contributed by atoms with Crippen LogP contribution in [0.15, 0.2) is 54.6 Å². The van der Waals surface area contributed by atoms with E-state index in [4.69, 9.17) is 4.74 Å². The van der Waals surface area contributed by atoms with Crippen LogP contribution in [0.5, 0.6) is 0 Å². The Morgan fingerprint density at radius 1 is 1.07 bits per heavy atom. The Hall–Kier alpha value is -2.66. The van der Waals surface area contributed by atoms with Gasteiger partial charge in [0.05, 0.1) is 6.54 Å². The third kappa shape index (κ3) is 5.92. The lowest BCUT2D eigenvalue weighted by molar-refractivity contribution is -0.143. The topological polar surface area (TPSA) is 58.6 Å². The number of amides is 1. The summed E-state index contributed by atoms with van der Waals surface area (Å²) in [6, 6.07) is 17.5. The number of likely N-dealkylation sites (tertiary alicyclic amines) is 1. The smallest absolute Gasteiger partial charge is 0.320 e. The highest BCUT2D eigenvalue weighted by Gasteiger charge is 2.21. The second-order valence-electron chi connectivity index (χ2n) is 7.43. The van der Waals surface area contributed by atoms with Gasteiger partial charge in [0, 0.05) is 18.7 Å². The van der Waals surface area contributed by atoms with Crippen LogP contribution in [0.25, 0.3) is 0 Å². The normalized spacial score (nSPS) is 14.2. The van der Waals surface area contributed by atoms with E-state index in [1.54, 1.807) is 0 Å². The molecule has 3 rings (SSSR count). The molecule has 1 unspecified atom stereocenters. The largest absolute Gasteiger partial charge is 0.460 e. The quantitative estimate of drug-likeness (QED) is 0.680. The van der Waals surface area contributed by atoms with Crippen molar-refractivity contribution in [2.75, 3.05) is 26.2 Å². The summed E-state index contributed by atoms with van der Waals surface area (Å²) in [5.41, 5.74) is 2.89. The first-order valence-corrected chi connectivity index (χ1v) is 9.90. The van der Waals surface area contributed by atoms with E-state index in [-0.39, 0.29) is 18.4 Å². The van der Waals surface area contributed by atoms with Crippen LogP contribution in [0, 0.1) is 5.92 Å². The number of carbonyl (C=O) groups is 2. The van der Waals surface area contributed by atoms with Crippen LogP contribution in [-0.2, 0) is 22.6 Å². The predicted molar refractivity (Wildman–Crippen MR) is 109 cm³/mol. The van der Waals surface area contributed by atoms with Gasteiger partial charge in [0.1, 0.15) is 6.61 Å². The average Bonchev–Trinajstić information content (AvgIpc) is 2.66. The number of hydrogen-bond acceptors (Lipinski definition) is 4. The van der Waals surface area contributed by atoms with Crippen molar-refractivity contribution in [3.05, 3.63) is 71.3 Å². The summed E-state index contributed by atoms with van der Waals surface area (Å²) in [5, 5.41) is 3.17. The van der Waals surface area contributed by atoms with Crippen LogP contribution >= 0.6 is 0 Å². The number of ether oxygens (including phenoxy) is 1. The van der Waals surface area contributed by atoms with Crippen LogP contribution in [0.4, 0.5) is 0 Å². The fourth-order valence-electron chi connectivity index (χ4n) is 3.22. The highest BCUT2D eigenvalue weighted by atomic mass is 16.5. The Morgan fingerprint density at radius 2 is 1.82 bits per heavy atom. The molecule has 1 saturated heterocycles. The number of carbonyl (C=O) groups excluding carboxylic acids is 2. The van der Waals surface area contributed by atoms with Crippen molar-refractivity contribution in [1.82, 2.24) is 10.2 Å². The highest BCUT2D eigenvalue weighted by molar-refractivity contribution is 5.94. The standard InChI is InChI=1S/C23H28N2O3/c1-18(15-24-16-22(26)28-17-19-7-3-2-4-8-19)13-20-9-5-10-21(14-20)23(27)25-11-6-12-25/h2-5,7-10,14,18,24H,6,11-13,15-17H2,1H3. The van der Waals surface area contributed by atoms with Crippen LogP contribution in [-0.4, -0.2) is 43.0 Å². The van der Waals surface area contributed by atoms with E-state index < -0.39 is 0 Å². The van der Waals surface area contributed by atoms with Crippen molar-refractivity contribution in [3.63, 3.8) is 0 Å². The van der Waals surface area contributed by atoms with Gasteiger partial charge < -0.3 is 15.0 Å². The van der Waals surface area contributed by atoms with Gasteiger partial charge >= 0.3 is 5.97 Å². The van der Waals surface area contributed by atoms with Gasteiger partial charge in [-0.1, -0.05) is 49.4 Å². The lowest BCUT2D eigenvalue weighted by atomic mass is 9.98. The molecule has 1 amide bonds. The summed E-state index contributed by atoms with van der Waals surface area (Å²) in [5.74, 6) is 0.217. The average molecular weight is 380 g/mol. The summed E-state index contributed by atoms with van der Waals surface area (Å²) in [4.78, 5) is 26.1. The Morgan fingerprint density at radius 3 is 2.54 bits per heavy atom. The van der Waals surface area contributed by atoms with Crippen LogP contribution in [0.1, 0.15) is 34.8 Å². The van der Waals surface area contributed by atoms with Gasteiger partial charge in [-0.05, 0) is 48.6 Å². The molecular formula is C23H28N2O3. The van der Waals surface area contributed by atoms with E-state index in [0.717, 1.165) is 42.6 Å². The molecule has 0 bridgehead atoms. The Balaban J connectivity index is 1.37. The molecule has 0 aliphatic carbocycles.